The van der Waals surface area contributed by atoms with E-state index in [1.54, 1.807) is 0 Å². The van der Waals surface area contributed by atoms with Crippen LogP contribution in [0.1, 0.15) is 17.2 Å². The molecule has 0 saturated carbocycles. The van der Waals surface area contributed by atoms with Crippen LogP contribution in [0, 0.1) is 0 Å². The predicted octanol–water partition coefficient (Wildman–Crippen LogP) is -2.73. The van der Waals surface area contributed by atoms with Gasteiger partial charge in [-0.3, -0.25) is 0 Å². The summed E-state index contributed by atoms with van der Waals surface area (Å²) < 4.78 is 28.2. The van der Waals surface area contributed by atoms with Crippen molar-refractivity contribution in [2.75, 3.05) is 13.2 Å². The molecule has 5 rings (SSSR count). The number of phenolic OH excluding ortho intramolecular Hbond substituents is 3. The first-order valence-corrected chi connectivity index (χ1v) is 13.1. The van der Waals surface area contributed by atoms with Crippen molar-refractivity contribution in [3.05, 3.63) is 47.2 Å². The van der Waals surface area contributed by atoms with E-state index in [0.29, 0.717) is 0 Å². The summed E-state index contributed by atoms with van der Waals surface area (Å²) in [6.07, 6.45) is -16.2. The van der Waals surface area contributed by atoms with Crippen LogP contribution < -0.4 is 9.47 Å². The van der Waals surface area contributed by atoms with Gasteiger partial charge in [0.15, 0.2) is 17.6 Å². The second kappa shape index (κ2) is 12.3. The van der Waals surface area contributed by atoms with Crippen molar-refractivity contribution in [1.82, 2.24) is 0 Å². The zero-order chi connectivity index (χ0) is 31.2. The molecule has 3 aliphatic rings. The Morgan fingerprint density at radius 3 is 1.81 bits per heavy atom. The molecule has 16 heteroatoms. The molecule has 11 N–H and O–H groups in total. The summed E-state index contributed by atoms with van der Waals surface area (Å²) in [6.45, 7) is -1.43. The maximum absolute atomic E-state index is 10.5. The van der Waals surface area contributed by atoms with Crippen LogP contribution in [0.5, 0.6) is 28.7 Å². The summed E-state index contributed by atoms with van der Waals surface area (Å²) in [6, 6.07) is 6.03. The maximum Gasteiger partial charge on any atom is 0.229 e. The molecule has 236 valence electrons. The van der Waals surface area contributed by atoms with Crippen LogP contribution in [0.25, 0.3) is 6.08 Å². The van der Waals surface area contributed by atoms with Crippen LogP contribution in [-0.4, -0.2) is 131 Å². The third kappa shape index (κ3) is 5.89. The first kappa shape index (κ1) is 31.0. The fraction of sp³-hybridized carbons (Fsp3) is 0.481. The molecule has 2 aromatic rings. The monoisotopic (exact) mass is 612 g/mol. The van der Waals surface area contributed by atoms with E-state index in [0.717, 1.165) is 6.07 Å². The smallest absolute Gasteiger partial charge is 0.229 e. The third-order valence-electron chi connectivity index (χ3n) is 7.37. The van der Waals surface area contributed by atoms with Crippen LogP contribution in [0.4, 0.5) is 0 Å². The van der Waals surface area contributed by atoms with Crippen molar-refractivity contribution in [1.29, 1.82) is 0 Å². The summed E-state index contributed by atoms with van der Waals surface area (Å²) in [4.78, 5) is 0. The topological polar surface area (TPSA) is 269 Å². The van der Waals surface area contributed by atoms with Gasteiger partial charge in [0.25, 0.3) is 0 Å². The molecule has 0 amide bonds. The first-order valence-electron chi connectivity index (χ1n) is 13.1. The molecule has 2 saturated heterocycles. The van der Waals surface area contributed by atoms with E-state index in [2.05, 4.69) is 0 Å². The normalized spacial score (nSPS) is 35.8. The SMILES string of the molecule is OC[C@H]1O[C@@H](OC2=Cc3c(O)cc(O)cc3OC2c2ccc(O)c(O[C@@H]3O[C@H](CO)[C@@H](O)[C@H](O)[C@H]3O)c2)[C@H](O)[C@@H](O)[C@@H]1O. The van der Waals surface area contributed by atoms with Crippen LogP contribution >= 0.6 is 0 Å². The minimum Gasteiger partial charge on any atom is -0.508 e. The van der Waals surface area contributed by atoms with Gasteiger partial charge < -0.3 is 79.9 Å². The zero-order valence-electron chi connectivity index (χ0n) is 22.2. The number of phenols is 3. The number of rotatable bonds is 7. The molecule has 3 aliphatic heterocycles. The van der Waals surface area contributed by atoms with Crippen LogP contribution in [0.2, 0.25) is 0 Å². The lowest BCUT2D eigenvalue weighted by Gasteiger charge is -2.41. The second-order valence-electron chi connectivity index (χ2n) is 10.3. The number of aliphatic hydroxyl groups excluding tert-OH is 8. The lowest BCUT2D eigenvalue weighted by atomic mass is 9.98. The predicted molar refractivity (Wildman–Crippen MR) is 138 cm³/mol. The highest BCUT2D eigenvalue weighted by Gasteiger charge is 2.47. The van der Waals surface area contributed by atoms with Gasteiger partial charge in [-0.05, 0) is 18.2 Å². The lowest BCUT2D eigenvalue weighted by Crippen LogP contribution is -2.60. The van der Waals surface area contributed by atoms with E-state index < -0.39 is 92.2 Å². The van der Waals surface area contributed by atoms with Crippen molar-refractivity contribution < 1.29 is 79.9 Å². The van der Waals surface area contributed by atoms with Gasteiger partial charge in [0.05, 0.1) is 18.8 Å². The van der Waals surface area contributed by atoms with E-state index in [1.807, 2.05) is 0 Å². The molecule has 3 heterocycles. The molecule has 16 nitrogen and oxygen atoms in total. The molecule has 0 spiro atoms. The van der Waals surface area contributed by atoms with Gasteiger partial charge in [0.1, 0.15) is 71.8 Å². The highest BCUT2D eigenvalue weighted by molar-refractivity contribution is 5.70. The van der Waals surface area contributed by atoms with Crippen LogP contribution in [-0.2, 0) is 14.2 Å². The van der Waals surface area contributed by atoms with Crippen LogP contribution in [0.15, 0.2) is 36.1 Å². The van der Waals surface area contributed by atoms with Crippen molar-refractivity contribution in [2.45, 2.75) is 67.5 Å². The molecular formula is C27H32O16. The molecule has 1 unspecified atom stereocenters. The van der Waals surface area contributed by atoms with Gasteiger partial charge in [-0.1, -0.05) is 6.07 Å². The number of benzene rings is 2. The van der Waals surface area contributed by atoms with Gasteiger partial charge in [0.2, 0.25) is 12.6 Å². The molecule has 2 aromatic carbocycles. The Morgan fingerprint density at radius 1 is 0.651 bits per heavy atom. The Bertz CT molecular complexity index is 1330. The zero-order valence-corrected chi connectivity index (χ0v) is 22.2. The Morgan fingerprint density at radius 2 is 1.23 bits per heavy atom. The molecule has 0 radical (unpaired) electrons. The number of hydrogen-bond acceptors (Lipinski definition) is 16. The van der Waals surface area contributed by atoms with Crippen LogP contribution in [0.3, 0.4) is 0 Å². The van der Waals surface area contributed by atoms with Gasteiger partial charge in [0, 0.05) is 17.7 Å². The highest BCUT2D eigenvalue weighted by atomic mass is 16.7. The van der Waals surface area contributed by atoms with E-state index in [-0.39, 0.29) is 34.1 Å². The summed E-state index contributed by atoms with van der Waals surface area (Å²) in [7, 11) is 0. The molecule has 2 fully saturated rings. The van der Waals surface area contributed by atoms with E-state index in [9.17, 15) is 56.2 Å². The second-order valence-corrected chi connectivity index (χ2v) is 10.3. The van der Waals surface area contributed by atoms with Crippen molar-refractivity contribution >= 4 is 6.08 Å². The van der Waals surface area contributed by atoms with Crippen molar-refractivity contribution in [2.24, 2.45) is 0 Å². The lowest BCUT2D eigenvalue weighted by molar-refractivity contribution is -0.293. The van der Waals surface area contributed by atoms with E-state index in [1.165, 1.54) is 30.3 Å². The van der Waals surface area contributed by atoms with Crippen molar-refractivity contribution in [3.8, 4) is 28.7 Å². The number of aliphatic hydroxyl groups is 8. The molecule has 0 aromatic heterocycles. The standard InChI is InChI=1S/C27H32O16/c28-7-17-19(33)21(35)23(37)26(42-17)40-15-3-9(1-2-12(15)31)25-16(6-11-13(32)4-10(30)5-14(11)39-25)41-27-24(38)22(36)20(34)18(8-29)43-27/h1-6,17-38H,7-8H2/t17-,18-,19-,20-,21+,22+,23-,24-,25?,26-,27-/m1/s1. The average molecular weight is 613 g/mol. The minimum atomic E-state index is -1.79. The first-order chi connectivity index (χ1) is 20.4. The van der Waals surface area contributed by atoms with Gasteiger partial charge in [-0.2, -0.15) is 0 Å². The highest BCUT2D eigenvalue weighted by Crippen LogP contribution is 2.45. The maximum atomic E-state index is 10.5. The Balaban J connectivity index is 1.49. The fourth-order valence-electron chi connectivity index (χ4n) is 4.95. The molecule has 11 atom stereocenters. The number of aromatic hydroxyl groups is 3. The van der Waals surface area contributed by atoms with Gasteiger partial charge in [-0.15, -0.1) is 0 Å². The molecule has 0 aliphatic carbocycles. The molecular weight excluding hydrogens is 580 g/mol. The number of hydrogen-bond donors (Lipinski definition) is 11. The van der Waals surface area contributed by atoms with E-state index >= 15 is 0 Å². The summed E-state index contributed by atoms with van der Waals surface area (Å²) >= 11 is 0. The Hall–Kier alpha value is -3.42. The average Bonchev–Trinajstić information content (AvgIpc) is 2.98. The quantitative estimate of drug-likeness (QED) is 0.152. The number of ether oxygens (including phenoxy) is 5. The molecule has 0 bridgehead atoms. The largest absolute Gasteiger partial charge is 0.508 e. The Labute approximate surface area is 243 Å². The number of fused-ring (bicyclic) bond motifs is 1. The van der Waals surface area contributed by atoms with Gasteiger partial charge >= 0.3 is 0 Å². The minimum absolute atomic E-state index is 0.00636. The van der Waals surface area contributed by atoms with Crippen molar-refractivity contribution in [3.63, 3.8) is 0 Å². The van der Waals surface area contributed by atoms with E-state index in [4.69, 9.17) is 23.7 Å². The molecule has 43 heavy (non-hydrogen) atoms. The summed E-state index contributed by atoms with van der Waals surface area (Å²) in [5.41, 5.74) is 0.243. The third-order valence-corrected chi connectivity index (χ3v) is 7.37. The van der Waals surface area contributed by atoms with Gasteiger partial charge in [-0.25, -0.2) is 0 Å². The fourth-order valence-corrected chi connectivity index (χ4v) is 4.95. The summed E-state index contributed by atoms with van der Waals surface area (Å²) in [5, 5.41) is 111. The summed E-state index contributed by atoms with van der Waals surface area (Å²) in [5.74, 6) is -1.63. The Kier molecular flexibility index (Phi) is 8.87.